The number of benzene rings is 2. The molecular weight excluding hydrogens is 368 g/mol. The van der Waals surface area contributed by atoms with Gasteiger partial charge in [0, 0.05) is 17.0 Å². The number of hydrogen-bond acceptors (Lipinski definition) is 4. The van der Waals surface area contributed by atoms with Gasteiger partial charge in [0.15, 0.2) is 11.6 Å². The zero-order valence-corrected chi connectivity index (χ0v) is 15.8. The van der Waals surface area contributed by atoms with E-state index in [4.69, 9.17) is 5.11 Å². The van der Waals surface area contributed by atoms with Crippen molar-refractivity contribution >= 4 is 17.6 Å². The van der Waals surface area contributed by atoms with Crippen LogP contribution in [0.15, 0.2) is 54.6 Å². The van der Waals surface area contributed by atoms with Crippen LogP contribution in [0, 0.1) is 11.8 Å². The number of carboxylic acid groups (broad SMARTS) is 1. The number of aromatic nitrogens is 3. The standard InChI is InChI=1S/C22H22N4O3/c27-21(15-10-12-16(13-11-15)22(28)29)23-18-9-5-4-8-17(18)20-24-19(25-26-20)14-6-2-1-3-7-14/h1-9,15-16H,10-13H2,(H,23,27)(H,28,29)(H,24,25,26). The second-order valence-corrected chi connectivity index (χ2v) is 7.30. The fraction of sp³-hybridized carbons (Fsp3) is 0.273. The first-order valence-corrected chi connectivity index (χ1v) is 9.72. The van der Waals surface area contributed by atoms with E-state index >= 15 is 0 Å². The maximum atomic E-state index is 12.7. The summed E-state index contributed by atoms with van der Waals surface area (Å²) in [4.78, 5) is 28.4. The van der Waals surface area contributed by atoms with Gasteiger partial charge in [-0.1, -0.05) is 42.5 Å². The zero-order valence-electron chi connectivity index (χ0n) is 15.8. The first-order valence-electron chi connectivity index (χ1n) is 9.72. The molecular formula is C22H22N4O3. The molecule has 0 radical (unpaired) electrons. The first-order chi connectivity index (χ1) is 14.1. The summed E-state index contributed by atoms with van der Waals surface area (Å²) in [5.41, 5.74) is 2.33. The minimum absolute atomic E-state index is 0.0795. The van der Waals surface area contributed by atoms with Crippen molar-refractivity contribution < 1.29 is 14.7 Å². The van der Waals surface area contributed by atoms with E-state index in [1.54, 1.807) is 0 Å². The number of carbonyl (C=O) groups is 2. The molecule has 4 rings (SSSR count). The maximum absolute atomic E-state index is 12.7. The van der Waals surface area contributed by atoms with E-state index in [2.05, 4.69) is 20.5 Å². The van der Waals surface area contributed by atoms with E-state index in [0.29, 0.717) is 43.0 Å². The summed E-state index contributed by atoms with van der Waals surface area (Å²) >= 11 is 0. The van der Waals surface area contributed by atoms with Gasteiger partial charge >= 0.3 is 5.97 Å². The number of hydrogen-bond donors (Lipinski definition) is 3. The van der Waals surface area contributed by atoms with E-state index in [9.17, 15) is 9.59 Å². The highest BCUT2D eigenvalue weighted by Crippen LogP contribution is 2.32. The van der Waals surface area contributed by atoms with E-state index in [1.807, 2.05) is 54.6 Å². The molecule has 1 aromatic heterocycles. The van der Waals surface area contributed by atoms with Gasteiger partial charge in [-0.25, -0.2) is 4.98 Å². The van der Waals surface area contributed by atoms with E-state index in [1.165, 1.54) is 0 Å². The second-order valence-electron chi connectivity index (χ2n) is 7.30. The number of nitrogens with zero attached hydrogens (tertiary/aromatic N) is 2. The van der Waals surface area contributed by atoms with Crippen LogP contribution in [-0.2, 0) is 9.59 Å². The number of rotatable bonds is 5. The monoisotopic (exact) mass is 390 g/mol. The Morgan fingerprint density at radius 3 is 2.31 bits per heavy atom. The molecule has 29 heavy (non-hydrogen) atoms. The van der Waals surface area contributed by atoms with Crippen LogP contribution in [0.1, 0.15) is 25.7 Å². The molecule has 1 saturated carbocycles. The molecule has 148 valence electrons. The summed E-state index contributed by atoms with van der Waals surface area (Å²) in [5, 5.41) is 19.4. The molecule has 0 bridgehead atoms. The average Bonchev–Trinajstić information content (AvgIpc) is 3.25. The van der Waals surface area contributed by atoms with Crippen LogP contribution < -0.4 is 5.32 Å². The maximum Gasteiger partial charge on any atom is 0.306 e. The van der Waals surface area contributed by atoms with Crippen molar-refractivity contribution in [1.29, 1.82) is 0 Å². The number of carboxylic acids is 1. The molecule has 1 heterocycles. The predicted octanol–water partition coefficient (Wildman–Crippen LogP) is 3.97. The fourth-order valence-corrected chi connectivity index (χ4v) is 3.73. The third-order valence-electron chi connectivity index (χ3n) is 5.40. The topological polar surface area (TPSA) is 108 Å². The van der Waals surface area contributed by atoms with E-state index < -0.39 is 5.97 Å². The number of aromatic amines is 1. The van der Waals surface area contributed by atoms with Crippen molar-refractivity contribution in [3.63, 3.8) is 0 Å². The van der Waals surface area contributed by atoms with Crippen molar-refractivity contribution in [3.8, 4) is 22.8 Å². The summed E-state index contributed by atoms with van der Waals surface area (Å²) < 4.78 is 0. The van der Waals surface area contributed by atoms with Crippen LogP contribution in [0.5, 0.6) is 0 Å². The van der Waals surface area contributed by atoms with Gasteiger partial charge in [-0.15, -0.1) is 0 Å². The zero-order chi connectivity index (χ0) is 20.2. The molecule has 2 aromatic carbocycles. The third kappa shape index (κ3) is 4.18. The molecule has 0 spiro atoms. The summed E-state index contributed by atoms with van der Waals surface area (Å²) in [7, 11) is 0. The molecule has 7 heteroatoms. The molecule has 3 N–H and O–H groups in total. The van der Waals surface area contributed by atoms with Gasteiger partial charge in [0.2, 0.25) is 5.91 Å². The minimum atomic E-state index is -0.770. The molecule has 1 fully saturated rings. The van der Waals surface area contributed by atoms with Crippen molar-refractivity contribution in [2.45, 2.75) is 25.7 Å². The largest absolute Gasteiger partial charge is 0.481 e. The summed E-state index contributed by atoms with van der Waals surface area (Å²) in [6.45, 7) is 0. The highest BCUT2D eigenvalue weighted by atomic mass is 16.4. The van der Waals surface area contributed by atoms with Gasteiger partial charge in [-0.05, 0) is 37.8 Å². The minimum Gasteiger partial charge on any atom is -0.481 e. The van der Waals surface area contributed by atoms with Gasteiger partial charge in [0.1, 0.15) is 0 Å². The third-order valence-corrected chi connectivity index (χ3v) is 5.40. The Hall–Kier alpha value is -3.48. The Morgan fingerprint density at radius 1 is 0.931 bits per heavy atom. The number of para-hydroxylation sites is 1. The first kappa shape index (κ1) is 18.9. The van der Waals surface area contributed by atoms with Crippen LogP contribution in [0.2, 0.25) is 0 Å². The quantitative estimate of drug-likeness (QED) is 0.611. The van der Waals surface area contributed by atoms with Gasteiger partial charge in [-0.2, -0.15) is 5.10 Å². The van der Waals surface area contributed by atoms with Gasteiger partial charge < -0.3 is 10.4 Å². The molecule has 0 aliphatic heterocycles. The normalized spacial score (nSPS) is 18.9. The van der Waals surface area contributed by atoms with Crippen LogP contribution in [0.3, 0.4) is 0 Å². The number of carbonyl (C=O) groups excluding carboxylic acids is 1. The number of amides is 1. The predicted molar refractivity (Wildman–Crippen MR) is 109 cm³/mol. The van der Waals surface area contributed by atoms with Crippen molar-refractivity contribution in [1.82, 2.24) is 15.2 Å². The molecule has 3 aromatic rings. The summed E-state index contributed by atoms with van der Waals surface area (Å²) in [6, 6.07) is 17.1. The van der Waals surface area contributed by atoms with Crippen LogP contribution in [0.25, 0.3) is 22.8 Å². The summed E-state index contributed by atoms with van der Waals surface area (Å²) in [5.74, 6) is -0.189. The second kappa shape index (κ2) is 8.26. The van der Waals surface area contributed by atoms with Crippen molar-refractivity contribution in [3.05, 3.63) is 54.6 Å². The molecule has 0 unspecified atom stereocenters. The molecule has 1 aliphatic rings. The Balaban J connectivity index is 1.50. The SMILES string of the molecule is O=C(O)C1CCC(C(=O)Nc2ccccc2-c2nc(-c3ccccc3)n[nH]2)CC1. The lowest BCUT2D eigenvalue weighted by Gasteiger charge is -2.25. The van der Waals surface area contributed by atoms with Crippen LogP contribution >= 0.6 is 0 Å². The van der Waals surface area contributed by atoms with Gasteiger partial charge in [0.05, 0.1) is 11.6 Å². The summed E-state index contributed by atoms with van der Waals surface area (Å²) in [6.07, 6.45) is 2.26. The van der Waals surface area contributed by atoms with Crippen LogP contribution in [0.4, 0.5) is 5.69 Å². The molecule has 1 amide bonds. The van der Waals surface area contributed by atoms with Crippen LogP contribution in [-0.4, -0.2) is 32.2 Å². The lowest BCUT2D eigenvalue weighted by Crippen LogP contribution is -2.29. The van der Waals surface area contributed by atoms with Gasteiger partial charge in [-0.3, -0.25) is 14.7 Å². The molecule has 7 nitrogen and oxygen atoms in total. The van der Waals surface area contributed by atoms with Gasteiger partial charge in [0.25, 0.3) is 0 Å². The van der Waals surface area contributed by atoms with Crippen molar-refractivity contribution in [2.75, 3.05) is 5.32 Å². The smallest absolute Gasteiger partial charge is 0.306 e. The van der Waals surface area contributed by atoms with E-state index in [-0.39, 0.29) is 17.7 Å². The number of aliphatic carboxylic acids is 1. The number of nitrogens with one attached hydrogen (secondary N) is 2. The molecule has 0 saturated heterocycles. The highest BCUT2D eigenvalue weighted by molar-refractivity contribution is 5.96. The molecule has 0 atom stereocenters. The van der Waals surface area contributed by atoms with Crippen molar-refractivity contribution in [2.24, 2.45) is 11.8 Å². The Labute approximate surface area is 168 Å². The average molecular weight is 390 g/mol. The van der Waals surface area contributed by atoms with E-state index in [0.717, 1.165) is 11.1 Å². The highest BCUT2D eigenvalue weighted by Gasteiger charge is 2.30. The fourth-order valence-electron chi connectivity index (χ4n) is 3.73. The Morgan fingerprint density at radius 2 is 1.59 bits per heavy atom. The Kier molecular flexibility index (Phi) is 5.37. The molecule has 1 aliphatic carbocycles. The lowest BCUT2D eigenvalue weighted by molar-refractivity contribution is -0.143. The number of anilines is 1. The Bertz CT molecular complexity index is 1010. The number of H-pyrrole nitrogens is 1. The lowest BCUT2D eigenvalue weighted by atomic mass is 9.81.